The van der Waals surface area contributed by atoms with E-state index in [4.69, 9.17) is 0 Å². The number of Topliss-reactive ketones (excluding diaryl/α,β-unsaturated/α-hetero) is 2. The van der Waals surface area contributed by atoms with E-state index in [2.05, 4.69) is 15.2 Å². The lowest BCUT2D eigenvalue weighted by atomic mass is 10.0. The molecular weight excluding hydrogens is 388 g/mol. The number of rotatable bonds is 8. The molecule has 0 spiro atoms. The van der Waals surface area contributed by atoms with Gasteiger partial charge in [-0.3, -0.25) is 14.2 Å². The van der Waals surface area contributed by atoms with Crippen molar-refractivity contribution in [3.8, 4) is 0 Å². The summed E-state index contributed by atoms with van der Waals surface area (Å²) in [6.45, 7) is 7.29. The number of aromatic nitrogens is 4. The fraction of sp³-hybridized carbons (Fsp3) is 0.333. The standard InChI is InChI=1S/C21H24N4O3S/c1-12-17(14(3)26)13(2)22-18(12)19(27)15(4)29-21-24-23-20(28)25(21)11-10-16-8-6-5-7-9-16/h5-9,15,22H,10-11H2,1-4H3,(H,23,28)/t15-/m0/s1. The van der Waals surface area contributed by atoms with Gasteiger partial charge in [-0.05, 0) is 45.2 Å². The predicted octanol–water partition coefficient (Wildman–Crippen LogP) is 3.33. The summed E-state index contributed by atoms with van der Waals surface area (Å²) in [5, 5.41) is 6.56. The average Bonchev–Trinajstić information content (AvgIpc) is 3.18. The van der Waals surface area contributed by atoms with E-state index >= 15 is 0 Å². The molecular formula is C21H24N4O3S. The van der Waals surface area contributed by atoms with Gasteiger partial charge >= 0.3 is 5.69 Å². The van der Waals surface area contributed by atoms with E-state index < -0.39 is 5.25 Å². The number of ketones is 2. The first-order valence-electron chi connectivity index (χ1n) is 9.39. The normalized spacial score (nSPS) is 12.1. The molecule has 0 unspecified atom stereocenters. The molecule has 152 valence electrons. The van der Waals surface area contributed by atoms with E-state index in [1.165, 1.54) is 18.7 Å². The Bertz CT molecular complexity index is 1100. The summed E-state index contributed by atoms with van der Waals surface area (Å²) >= 11 is 1.23. The van der Waals surface area contributed by atoms with Gasteiger partial charge in [0.05, 0.1) is 10.9 Å². The quantitative estimate of drug-likeness (QED) is 0.437. The highest BCUT2D eigenvalue weighted by atomic mass is 32.2. The lowest BCUT2D eigenvalue weighted by molar-refractivity contribution is 0.0988. The summed E-state index contributed by atoms with van der Waals surface area (Å²) in [5.74, 6) is -0.203. The fourth-order valence-corrected chi connectivity index (χ4v) is 4.36. The number of thioether (sulfide) groups is 1. The van der Waals surface area contributed by atoms with Crippen molar-refractivity contribution in [1.29, 1.82) is 0 Å². The van der Waals surface area contributed by atoms with Gasteiger partial charge in [0.15, 0.2) is 16.7 Å². The molecule has 2 aromatic heterocycles. The Kier molecular flexibility index (Phi) is 6.22. The number of H-pyrrole nitrogens is 2. The van der Waals surface area contributed by atoms with Gasteiger partial charge in [-0.1, -0.05) is 42.1 Å². The lowest BCUT2D eigenvalue weighted by Crippen LogP contribution is -2.21. The first-order chi connectivity index (χ1) is 13.8. The molecule has 7 nitrogen and oxygen atoms in total. The van der Waals surface area contributed by atoms with Crippen LogP contribution >= 0.6 is 11.8 Å². The minimum Gasteiger partial charge on any atom is -0.355 e. The lowest BCUT2D eigenvalue weighted by Gasteiger charge is -2.11. The van der Waals surface area contributed by atoms with Crippen molar-refractivity contribution < 1.29 is 9.59 Å². The molecule has 0 radical (unpaired) electrons. The number of aromatic amines is 2. The Hall–Kier alpha value is -2.87. The van der Waals surface area contributed by atoms with E-state index in [1.54, 1.807) is 25.3 Å². The monoisotopic (exact) mass is 412 g/mol. The second-order valence-electron chi connectivity index (χ2n) is 7.00. The van der Waals surface area contributed by atoms with Crippen LogP contribution in [0.25, 0.3) is 0 Å². The van der Waals surface area contributed by atoms with Crippen molar-refractivity contribution >= 4 is 23.3 Å². The highest BCUT2D eigenvalue weighted by molar-refractivity contribution is 8.00. The zero-order valence-electron chi connectivity index (χ0n) is 16.9. The Balaban J connectivity index is 1.77. The van der Waals surface area contributed by atoms with Gasteiger partial charge in [0.2, 0.25) is 0 Å². The molecule has 0 aliphatic heterocycles. The zero-order chi connectivity index (χ0) is 21.1. The van der Waals surface area contributed by atoms with Crippen LogP contribution in [0.15, 0.2) is 40.3 Å². The van der Waals surface area contributed by atoms with Crippen LogP contribution in [0.1, 0.15) is 51.5 Å². The van der Waals surface area contributed by atoms with Gasteiger partial charge in [-0.15, -0.1) is 5.10 Å². The summed E-state index contributed by atoms with van der Waals surface area (Å²) < 4.78 is 1.55. The maximum absolute atomic E-state index is 13.0. The second-order valence-corrected chi connectivity index (χ2v) is 8.31. The summed E-state index contributed by atoms with van der Waals surface area (Å²) in [4.78, 5) is 40.0. The maximum Gasteiger partial charge on any atom is 0.343 e. The first kappa shape index (κ1) is 20.9. The molecule has 0 bridgehead atoms. The molecule has 1 aromatic carbocycles. The molecule has 8 heteroatoms. The Labute approximate surface area is 172 Å². The van der Waals surface area contributed by atoms with Crippen LogP contribution in [0.2, 0.25) is 0 Å². The molecule has 2 heterocycles. The molecule has 0 amide bonds. The SMILES string of the molecule is CC(=O)c1c(C)[nH]c(C(=O)[C@H](C)Sc2n[nH]c(=O)n2CCc2ccccc2)c1C. The Morgan fingerprint density at radius 3 is 2.52 bits per heavy atom. The first-order valence-corrected chi connectivity index (χ1v) is 10.3. The smallest absolute Gasteiger partial charge is 0.343 e. The third kappa shape index (κ3) is 4.42. The summed E-state index contributed by atoms with van der Waals surface area (Å²) in [5.41, 5.74) is 3.17. The third-order valence-electron chi connectivity index (χ3n) is 4.88. The zero-order valence-corrected chi connectivity index (χ0v) is 17.7. The minimum absolute atomic E-state index is 0.0716. The van der Waals surface area contributed by atoms with Crippen molar-refractivity contribution in [2.75, 3.05) is 0 Å². The van der Waals surface area contributed by atoms with Gasteiger partial charge < -0.3 is 4.98 Å². The number of nitrogens with zero attached hydrogens (tertiary/aromatic N) is 2. The van der Waals surface area contributed by atoms with Crippen LogP contribution in [-0.2, 0) is 13.0 Å². The summed E-state index contributed by atoms with van der Waals surface area (Å²) in [7, 11) is 0. The summed E-state index contributed by atoms with van der Waals surface area (Å²) in [6, 6.07) is 9.88. The number of aryl methyl sites for hydroxylation is 2. The number of nitrogens with one attached hydrogen (secondary N) is 2. The highest BCUT2D eigenvalue weighted by Gasteiger charge is 2.25. The fourth-order valence-electron chi connectivity index (χ4n) is 3.42. The molecule has 1 atom stereocenters. The van der Waals surface area contributed by atoms with E-state index in [9.17, 15) is 14.4 Å². The maximum atomic E-state index is 13.0. The van der Waals surface area contributed by atoms with E-state index in [0.29, 0.717) is 40.6 Å². The molecule has 2 N–H and O–H groups in total. The van der Waals surface area contributed by atoms with E-state index in [1.807, 2.05) is 30.3 Å². The van der Waals surface area contributed by atoms with E-state index in [-0.39, 0.29) is 17.3 Å². The van der Waals surface area contributed by atoms with Crippen LogP contribution in [0.5, 0.6) is 0 Å². The van der Waals surface area contributed by atoms with Gasteiger partial charge in [0, 0.05) is 17.8 Å². The van der Waals surface area contributed by atoms with Crippen LogP contribution in [0, 0.1) is 13.8 Å². The predicted molar refractivity (Wildman–Crippen MR) is 113 cm³/mol. The molecule has 0 aliphatic rings. The van der Waals surface area contributed by atoms with Gasteiger partial charge in [-0.25, -0.2) is 9.89 Å². The molecule has 3 rings (SSSR count). The van der Waals surface area contributed by atoms with Crippen molar-refractivity contribution in [1.82, 2.24) is 19.7 Å². The molecule has 0 fully saturated rings. The van der Waals surface area contributed by atoms with Crippen LogP contribution in [0.4, 0.5) is 0 Å². The topological polar surface area (TPSA) is 101 Å². The molecule has 0 aliphatic carbocycles. The number of benzene rings is 1. The number of hydrogen-bond acceptors (Lipinski definition) is 5. The van der Waals surface area contributed by atoms with Crippen molar-refractivity contribution in [3.63, 3.8) is 0 Å². The molecule has 0 saturated heterocycles. The van der Waals surface area contributed by atoms with Crippen molar-refractivity contribution in [3.05, 3.63) is 68.9 Å². The van der Waals surface area contributed by atoms with Gasteiger partial charge in [0.25, 0.3) is 0 Å². The average molecular weight is 413 g/mol. The molecule has 0 saturated carbocycles. The molecule has 29 heavy (non-hydrogen) atoms. The minimum atomic E-state index is -0.475. The van der Waals surface area contributed by atoms with E-state index in [0.717, 1.165) is 5.56 Å². The summed E-state index contributed by atoms with van der Waals surface area (Å²) in [6.07, 6.45) is 0.688. The van der Waals surface area contributed by atoms with Gasteiger partial charge in [0.1, 0.15) is 0 Å². The van der Waals surface area contributed by atoms with Crippen LogP contribution in [-0.4, -0.2) is 36.6 Å². The Morgan fingerprint density at radius 1 is 1.21 bits per heavy atom. The third-order valence-corrected chi connectivity index (χ3v) is 5.97. The highest BCUT2D eigenvalue weighted by Crippen LogP contribution is 2.26. The van der Waals surface area contributed by atoms with Crippen molar-refractivity contribution in [2.45, 2.75) is 51.1 Å². The van der Waals surface area contributed by atoms with Crippen LogP contribution in [0.3, 0.4) is 0 Å². The Morgan fingerprint density at radius 2 is 1.90 bits per heavy atom. The largest absolute Gasteiger partial charge is 0.355 e. The van der Waals surface area contributed by atoms with Gasteiger partial charge in [-0.2, -0.15) is 0 Å². The van der Waals surface area contributed by atoms with Crippen LogP contribution < -0.4 is 5.69 Å². The number of hydrogen-bond donors (Lipinski definition) is 2. The van der Waals surface area contributed by atoms with Crippen molar-refractivity contribution in [2.24, 2.45) is 0 Å². The second kappa shape index (κ2) is 8.65. The number of carbonyl (C=O) groups is 2. The molecule has 3 aromatic rings. The number of carbonyl (C=O) groups excluding carboxylic acids is 2.